The number of ether oxygens (including phenoxy) is 4. The van der Waals surface area contributed by atoms with Gasteiger partial charge < -0.3 is 39.4 Å². The van der Waals surface area contributed by atoms with Crippen molar-refractivity contribution in [3.63, 3.8) is 0 Å². The van der Waals surface area contributed by atoms with Crippen LogP contribution in [0.1, 0.15) is 74.7 Å². The lowest BCUT2D eigenvalue weighted by molar-refractivity contribution is -0.267. The summed E-state index contributed by atoms with van der Waals surface area (Å²) in [6, 6.07) is 0. The molecule has 0 aromatic carbocycles. The summed E-state index contributed by atoms with van der Waals surface area (Å²) < 4.78 is 24.3. The molecule has 0 spiro atoms. The Morgan fingerprint density at radius 3 is 2.36 bits per heavy atom. The summed E-state index contributed by atoms with van der Waals surface area (Å²) in [4.78, 5) is 40.4. The number of ketones is 1. The standard InChI is InChI=1S/C36H50O11/c1-14(2)10-22(38)47-31-29-19(46-29)13-36(43)30(41)27(39)23-18(33(31,36)7)12-20(45-17(5)37)32(6)24-15(3)11-21-34(8,26(24)28(40)25(23)32)35(9,42)16(4)44-21/h11,14-15,18-20,23-29,31,39-40,42-43H,4,10,12-13H2,1-3,5-9H3/t15-,18+,19+,20+,23-,24+,25-,26+,27-,28-,29+,31+,32-,33+,34+,35-,36+/m1/s1. The van der Waals surface area contributed by atoms with E-state index in [9.17, 15) is 34.8 Å². The molecule has 47 heavy (non-hydrogen) atoms. The Kier molecular flexibility index (Phi) is 6.99. The van der Waals surface area contributed by atoms with Crippen LogP contribution < -0.4 is 0 Å². The van der Waals surface area contributed by atoms with Crippen molar-refractivity contribution < 1.29 is 53.8 Å². The van der Waals surface area contributed by atoms with Gasteiger partial charge in [-0.05, 0) is 50.0 Å². The van der Waals surface area contributed by atoms with Gasteiger partial charge in [-0.2, -0.15) is 0 Å². The molecule has 11 nitrogen and oxygen atoms in total. The fourth-order valence-electron chi connectivity index (χ4n) is 12.0. The minimum Gasteiger partial charge on any atom is -0.463 e. The van der Waals surface area contributed by atoms with Crippen LogP contribution in [0.3, 0.4) is 0 Å². The summed E-state index contributed by atoms with van der Waals surface area (Å²) in [5, 5.41) is 49.1. The number of rotatable bonds is 4. The lowest BCUT2D eigenvalue weighted by Gasteiger charge is -2.65. The molecule has 2 heterocycles. The van der Waals surface area contributed by atoms with Crippen LogP contribution >= 0.6 is 0 Å². The summed E-state index contributed by atoms with van der Waals surface area (Å²) in [6.45, 7) is 18.2. The van der Waals surface area contributed by atoms with Crippen LogP contribution in [-0.4, -0.2) is 86.0 Å². The van der Waals surface area contributed by atoms with Gasteiger partial charge in [0.05, 0.1) is 17.6 Å². The number of Topliss-reactive ketones (excluding diaryl/α,β-unsaturated/α-hetero) is 1. The van der Waals surface area contributed by atoms with Gasteiger partial charge >= 0.3 is 11.9 Å². The minimum absolute atomic E-state index is 0.00619. The normalized spacial score (nSPS) is 55.4. The number of fused-ring (bicyclic) bond motifs is 10. The predicted molar refractivity (Wildman–Crippen MR) is 165 cm³/mol. The van der Waals surface area contributed by atoms with Crippen molar-refractivity contribution in [2.75, 3.05) is 0 Å². The molecule has 0 amide bonds. The fraction of sp³-hybridized carbons (Fsp3) is 0.806. The van der Waals surface area contributed by atoms with Crippen molar-refractivity contribution >= 4 is 17.7 Å². The van der Waals surface area contributed by atoms with Gasteiger partial charge in [0.15, 0.2) is 5.78 Å². The number of carbonyl (C=O) groups is 3. The number of carbonyl (C=O) groups excluding carboxylic acids is 3. The van der Waals surface area contributed by atoms with E-state index in [0.29, 0.717) is 5.76 Å². The molecule has 2 aliphatic heterocycles. The first-order chi connectivity index (χ1) is 21.7. The molecule has 5 aliphatic carbocycles. The second-order valence-electron chi connectivity index (χ2n) is 16.9. The van der Waals surface area contributed by atoms with E-state index in [0.717, 1.165) is 0 Å². The topological polar surface area (TPSA) is 172 Å². The first kappa shape index (κ1) is 33.2. The first-order valence-corrected chi connectivity index (χ1v) is 17.2. The van der Waals surface area contributed by atoms with Crippen LogP contribution in [0.2, 0.25) is 0 Å². The second kappa shape index (κ2) is 9.90. The van der Waals surface area contributed by atoms with Gasteiger partial charge in [0, 0.05) is 48.3 Å². The average molecular weight is 659 g/mol. The summed E-state index contributed by atoms with van der Waals surface area (Å²) in [5.74, 6) is -4.79. The van der Waals surface area contributed by atoms with E-state index in [1.807, 2.05) is 40.7 Å². The molecule has 0 bridgehead atoms. The van der Waals surface area contributed by atoms with E-state index in [4.69, 9.17) is 18.9 Å². The lowest BCUT2D eigenvalue weighted by atomic mass is 9.40. The number of esters is 2. The molecule has 0 aromatic rings. The third kappa shape index (κ3) is 3.84. The Morgan fingerprint density at radius 2 is 1.74 bits per heavy atom. The fourth-order valence-corrected chi connectivity index (χ4v) is 12.0. The molecular formula is C36H50O11. The maximum Gasteiger partial charge on any atom is 0.306 e. The maximum absolute atomic E-state index is 14.4. The molecule has 4 saturated carbocycles. The predicted octanol–water partition coefficient (Wildman–Crippen LogP) is 2.43. The van der Waals surface area contributed by atoms with Crippen LogP contribution in [0.4, 0.5) is 0 Å². The monoisotopic (exact) mass is 658 g/mol. The van der Waals surface area contributed by atoms with Crippen molar-refractivity contribution in [2.45, 2.75) is 122 Å². The Hall–Kier alpha value is -2.31. The van der Waals surface area contributed by atoms with Gasteiger partial charge in [-0.3, -0.25) is 14.4 Å². The molecular weight excluding hydrogens is 608 g/mol. The molecule has 0 unspecified atom stereocenters. The number of hydrogen-bond donors (Lipinski definition) is 4. The van der Waals surface area contributed by atoms with Crippen molar-refractivity contribution in [2.24, 2.45) is 57.7 Å². The largest absolute Gasteiger partial charge is 0.463 e. The Labute approximate surface area is 275 Å². The average Bonchev–Trinajstić information content (AvgIpc) is 3.63. The molecule has 7 rings (SSSR count). The molecule has 0 radical (unpaired) electrons. The molecule has 260 valence electrons. The molecule has 7 aliphatic rings. The van der Waals surface area contributed by atoms with Crippen LogP contribution in [-0.2, 0) is 33.3 Å². The molecule has 2 saturated heterocycles. The Balaban J connectivity index is 1.41. The van der Waals surface area contributed by atoms with Gasteiger partial charge in [-0.1, -0.05) is 41.2 Å². The quantitative estimate of drug-likeness (QED) is 0.258. The number of aliphatic hydroxyl groups excluding tert-OH is 2. The number of hydrogen-bond acceptors (Lipinski definition) is 11. The van der Waals surface area contributed by atoms with Crippen molar-refractivity contribution in [1.82, 2.24) is 0 Å². The smallest absolute Gasteiger partial charge is 0.306 e. The summed E-state index contributed by atoms with van der Waals surface area (Å²) in [5.41, 5.74) is -7.21. The van der Waals surface area contributed by atoms with E-state index in [1.54, 1.807) is 13.8 Å². The Morgan fingerprint density at radius 1 is 1.09 bits per heavy atom. The van der Waals surface area contributed by atoms with Gasteiger partial charge in [0.2, 0.25) is 0 Å². The summed E-state index contributed by atoms with van der Waals surface area (Å²) in [6.07, 6.45) is -3.58. The molecule has 17 atom stereocenters. The molecule has 0 aromatic heterocycles. The number of allylic oxidation sites excluding steroid dienone is 1. The Bertz CT molecular complexity index is 1470. The van der Waals surface area contributed by atoms with Gasteiger partial charge in [-0.15, -0.1) is 0 Å². The first-order valence-electron chi connectivity index (χ1n) is 17.2. The number of aliphatic hydroxyl groups is 4. The van der Waals surface area contributed by atoms with Crippen LogP contribution in [0.5, 0.6) is 0 Å². The van der Waals surface area contributed by atoms with E-state index in [1.165, 1.54) is 6.92 Å². The van der Waals surface area contributed by atoms with Crippen molar-refractivity contribution in [3.8, 4) is 0 Å². The highest BCUT2D eigenvalue weighted by molar-refractivity contribution is 5.94. The van der Waals surface area contributed by atoms with E-state index in [2.05, 4.69) is 6.58 Å². The van der Waals surface area contributed by atoms with Crippen LogP contribution in [0.15, 0.2) is 24.2 Å². The zero-order valence-electron chi connectivity index (χ0n) is 28.6. The van der Waals surface area contributed by atoms with E-state index < -0.39 is 105 Å². The maximum atomic E-state index is 14.4. The van der Waals surface area contributed by atoms with E-state index in [-0.39, 0.29) is 42.8 Å². The summed E-state index contributed by atoms with van der Waals surface area (Å²) in [7, 11) is 0. The summed E-state index contributed by atoms with van der Waals surface area (Å²) >= 11 is 0. The minimum atomic E-state index is -2.10. The highest BCUT2D eigenvalue weighted by Crippen LogP contribution is 2.76. The molecule has 11 heteroatoms. The van der Waals surface area contributed by atoms with E-state index >= 15 is 0 Å². The van der Waals surface area contributed by atoms with Gasteiger partial charge in [-0.25, -0.2) is 0 Å². The zero-order valence-corrected chi connectivity index (χ0v) is 28.6. The number of epoxide rings is 1. The van der Waals surface area contributed by atoms with Crippen LogP contribution in [0, 0.1) is 57.7 Å². The van der Waals surface area contributed by atoms with Crippen molar-refractivity contribution in [1.29, 1.82) is 0 Å². The third-order valence-corrected chi connectivity index (χ3v) is 14.4. The highest BCUT2D eigenvalue weighted by atomic mass is 16.6. The molecule has 4 N–H and O–H groups in total. The highest BCUT2D eigenvalue weighted by Gasteiger charge is 2.83. The molecule has 6 fully saturated rings. The third-order valence-electron chi connectivity index (χ3n) is 14.4. The van der Waals surface area contributed by atoms with Crippen molar-refractivity contribution in [3.05, 3.63) is 24.2 Å². The zero-order chi connectivity index (χ0) is 34.5. The second-order valence-corrected chi connectivity index (χ2v) is 16.9. The van der Waals surface area contributed by atoms with Gasteiger partial charge in [0.1, 0.15) is 47.1 Å². The lowest BCUT2D eigenvalue weighted by Crippen LogP contribution is -2.77. The van der Waals surface area contributed by atoms with Crippen LogP contribution in [0.25, 0.3) is 0 Å². The SMILES string of the molecule is C=C1OC2=C[C@@H](C)[C@H]3[C@@H]([C@H](O)[C@H]4[C@@H]5[C@@H](O)C(=O)[C@@]6(O)C[C@@H]7O[C@@H]7[C@H](OC(=O)CC(C)C)[C@]6(C)[C@H]5C[C@H](OC(C)=O)[C@]34C)[C@@]2(C)[C@]1(C)O. The van der Waals surface area contributed by atoms with Gasteiger partial charge in [0.25, 0.3) is 0 Å².